The Bertz CT molecular complexity index is 746. The zero-order valence-electron chi connectivity index (χ0n) is 16.8. The molecule has 0 aliphatic carbocycles. The van der Waals surface area contributed by atoms with Crippen LogP contribution in [0, 0.1) is 28.5 Å². The first kappa shape index (κ1) is 21.7. The Morgan fingerprint density at radius 1 is 1.30 bits per heavy atom. The molecule has 6 heteroatoms. The summed E-state index contributed by atoms with van der Waals surface area (Å²) in [5.74, 6) is -2.31. The van der Waals surface area contributed by atoms with Crippen LogP contribution in [0.3, 0.4) is 0 Å². The van der Waals surface area contributed by atoms with Gasteiger partial charge < -0.3 is 4.74 Å². The molecule has 0 bridgehead atoms. The smallest absolute Gasteiger partial charge is 0.324 e. The lowest BCUT2D eigenvalue weighted by Gasteiger charge is -2.26. The lowest BCUT2D eigenvalue weighted by molar-refractivity contribution is -0.157. The number of carbonyl (C=O) groups is 1. The molecule has 0 saturated carbocycles. The van der Waals surface area contributed by atoms with E-state index in [0.717, 1.165) is 0 Å². The summed E-state index contributed by atoms with van der Waals surface area (Å²) in [5, 5.41) is 13.1. The van der Waals surface area contributed by atoms with Gasteiger partial charge in [0.05, 0.1) is 17.0 Å². The minimum Gasteiger partial charge on any atom is -0.459 e. The van der Waals surface area contributed by atoms with Gasteiger partial charge in [-0.3, -0.25) is 10.1 Å². The minimum absolute atomic E-state index is 0.0219. The van der Waals surface area contributed by atoms with Crippen LogP contribution in [-0.4, -0.2) is 23.7 Å². The van der Waals surface area contributed by atoms with E-state index in [2.05, 4.69) is 32.2 Å². The van der Waals surface area contributed by atoms with Crippen molar-refractivity contribution in [3.63, 3.8) is 0 Å². The Morgan fingerprint density at radius 3 is 2.44 bits per heavy atom. The maximum absolute atomic E-state index is 14.8. The predicted molar refractivity (Wildman–Crippen MR) is 104 cm³/mol. The van der Waals surface area contributed by atoms with Crippen LogP contribution in [0.2, 0.25) is 5.02 Å². The number of nitrogens with zero attached hydrogens (tertiary/aromatic N) is 1. The van der Waals surface area contributed by atoms with Gasteiger partial charge in [-0.15, -0.1) is 0 Å². The van der Waals surface area contributed by atoms with Crippen molar-refractivity contribution < 1.29 is 13.9 Å². The number of halogens is 2. The highest BCUT2D eigenvalue weighted by atomic mass is 35.5. The highest BCUT2D eigenvalue weighted by Crippen LogP contribution is 2.42. The second-order valence-electron chi connectivity index (χ2n) is 9.37. The Hall–Kier alpha value is -1.64. The van der Waals surface area contributed by atoms with E-state index in [9.17, 15) is 14.4 Å². The van der Waals surface area contributed by atoms with Crippen molar-refractivity contribution in [2.45, 2.75) is 71.6 Å². The quantitative estimate of drug-likeness (QED) is 0.746. The molecule has 1 aromatic carbocycles. The summed E-state index contributed by atoms with van der Waals surface area (Å²) < 4.78 is 20.3. The first-order chi connectivity index (χ1) is 12.3. The van der Waals surface area contributed by atoms with Crippen molar-refractivity contribution in [3.8, 4) is 6.07 Å². The van der Waals surface area contributed by atoms with E-state index in [4.69, 9.17) is 16.3 Å². The molecule has 1 N–H and O–H groups in total. The topological polar surface area (TPSA) is 62.1 Å². The molecule has 1 saturated heterocycles. The average Bonchev–Trinajstić information content (AvgIpc) is 2.84. The van der Waals surface area contributed by atoms with Gasteiger partial charge in [-0.25, -0.2) is 4.39 Å². The maximum atomic E-state index is 14.8. The van der Waals surface area contributed by atoms with Crippen LogP contribution in [0.25, 0.3) is 0 Å². The lowest BCUT2D eigenvalue weighted by Crippen LogP contribution is -2.42. The number of rotatable bonds is 3. The zero-order valence-corrected chi connectivity index (χ0v) is 17.5. The lowest BCUT2D eigenvalue weighted by atomic mass is 9.78. The summed E-state index contributed by atoms with van der Waals surface area (Å²) in [6, 6.07) is 5.92. The van der Waals surface area contributed by atoms with E-state index in [1.54, 1.807) is 32.9 Å². The Morgan fingerprint density at radius 2 is 1.93 bits per heavy atom. The molecule has 0 amide bonds. The molecule has 148 valence electrons. The minimum atomic E-state index is -0.811. The Labute approximate surface area is 166 Å². The van der Waals surface area contributed by atoms with Crippen LogP contribution < -0.4 is 5.32 Å². The summed E-state index contributed by atoms with van der Waals surface area (Å²) in [7, 11) is 0. The van der Waals surface area contributed by atoms with Gasteiger partial charge in [-0.2, -0.15) is 5.26 Å². The molecule has 1 aliphatic heterocycles. The van der Waals surface area contributed by atoms with Crippen LogP contribution in [0.15, 0.2) is 18.2 Å². The molecule has 0 spiro atoms. The standard InChI is InChI=1S/C21H28ClFN2O2/c1-20(2,3)10-15-13(11-24)16(12-8-7-9-14(22)17(12)23)18(25-15)19(26)27-21(4,5)6/h7-9,13,15-16,18,25H,10H2,1-6H3. The van der Waals surface area contributed by atoms with E-state index < -0.39 is 35.3 Å². The molecule has 1 aromatic rings. The molecular formula is C21H28ClFN2O2. The molecule has 1 aliphatic rings. The first-order valence-corrected chi connectivity index (χ1v) is 9.54. The molecule has 27 heavy (non-hydrogen) atoms. The molecule has 1 fully saturated rings. The summed E-state index contributed by atoms with van der Waals surface area (Å²) in [6.45, 7) is 11.5. The van der Waals surface area contributed by atoms with Crippen LogP contribution in [0.1, 0.15) is 59.4 Å². The highest BCUT2D eigenvalue weighted by molar-refractivity contribution is 6.30. The van der Waals surface area contributed by atoms with Gasteiger partial charge >= 0.3 is 5.97 Å². The third kappa shape index (κ3) is 5.21. The normalized spacial score (nSPS) is 25.9. The average molecular weight is 395 g/mol. The van der Waals surface area contributed by atoms with Gasteiger partial charge in [0.1, 0.15) is 17.5 Å². The molecule has 2 rings (SSSR count). The number of benzene rings is 1. The fourth-order valence-corrected chi connectivity index (χ4v) is 3.82. The fraction of sp³-hybridized carbons (Fsp3) is 0.619. The number of carbonyl (C=O) groups excluding carboxylic acids is 1. The molecule has 0 radical (unpaired) electrons. The van der Waals surface area contributed by atoms with Gasteiger partial charge in [0.15, 0.2) is 0 Å². The monoisotopic (exact) mass is 394 g/mol. The van der Waals surface area contributed by atoms with Gasteiger partial charge in [0, 0.05) is 12.0 Å². The third-order valence-corrected chi connectivity index (χ3v) is 4.85. The molecule has 1 heterocycles. The molecular weight excluding hydrogens is 367 g/mol. The number of hydrogen-bond donors (Lipinski definition) is 1. The van der Waals surface area contributed by atoms with E-state index in [1.165, 1.54) is 6.07 Å². The van der Waals surface area contributed by atoms with E-state index in [1.807, 2.05) is 0 Å². The second-order valence-corrected chi connectivity index (χ2v) is 9.78. The fourth-order valence-electron chi connectivity index (χ4n) is 3.64. The zero-order chi connectivity index (χ0) is 20.6. The summed E-state index contributed by atoms with van der Waals surface area (Å²) in [6.07, 6.45) is 0.670. The summed E-state index contributed by atoms with van der Waals surface area (Å²) >= 11 is 5.97. The summed E-state index contributed by atoms with van der Waals surface area (Å²) in [5.41, 5.74) is -0.471. The Kier molecular flexibility index (Phi) is 6.23. The van der Waals surface area contributed by atoms with Crippen molar-refractivity contribution in [1.29, 1.82) is 5.26 Å². The van der Waals surface area contributed by atoms with Crippen LogP contribution in [0.5, 0.6) is 0 Å². The molecule has 4 unspecified atom stereocenters. The number of nitriles is 1. The van der Waals surface area contributed by atoms with Crippen molar-refractivity contribution >= 4 is 17.6 Å². The highest BCUT2D eigenvalue weighted by Gasteiger charge is 2.50. The van der Waals surface area contributed by atoms with E-state index >= 15 is 0 Å². The molecule has 4 atom stereocenters. The predicted octanol–water partition coefficient (Wildman–Crippen LogP) is 4.82. The summed E-state index contributed by atoms with van der Waals surface area (Å²) in [4.78, 5) is 12.9. The van der Waals surface area contributed by atoms with Crippen LogP contribution >= 0.6 is 11.6 Å². The first-order valence-electron chi connectivity index (χ1n) is 9.16. The van der Waals surface area contributed by atoms with Crippen molar-refractivity contribution in [3.05, 3.63) is 34.6 Å². The van der Waals surface area contributed by atoms with Gasteiger partial charge in [-0.1, -0.05) is 44.5 Å². The number of nitrogens with one attached hydrogen (secondary N) is 1. The van der Waals surface area contributed by atoms with Gasteiger partial charge in [-0.05, 0) is 44.2 Å². The number of hydrogen-bond acceptors (Lipinski definition) is 4. The second kappa shape index (κ2) is 7.77. The van der Waals surface area contributed by atoms with E-state index in [0.29, 0.717) is 6.42 Å². The number of ether oxygens (including phenoxy) is 1. The van der Waals surface area contributed by atoms with Crippen molar-refractivity contribution in [1.82, 2.24) is 5.32 Å². The van der Waals surface area contributed by atoms with E-state index in [-0.39, 0.29) is 22.0 Å². The van der Waals surface area contributed by atoms with Crippen LogP contribution in [0.4, 0.5) is 4.39 Å². The molecule has 0 aromatic heterocycles. The maximum Gasteiger partial charge on any atom is 0.324 e. The largest absolute Gasteiger partial charge is 0.459 e. The molecule has 4 nitrogen and oxygen atoms in total. The van der Waals surface area contributed by atoms with Crippen molar-refractivity contribution in [2.75, 3.05) is 0 Å². The third-order valence-electron chi connectivity index (χ3n) is 4.56. The van der Waals surface area contributed by atoms with Gasteiger partial charge in [0.25, 0.3) is 0 Å². The van der Waals surface area contributed by atoms with Gasteiger partial charge in [0.2, 0.25) is 0 Å². The van der Waals surface area contributed by atoms with Crippen LogP contribution in [-0.2, 0) is 9.53 Å². The Balaban J connectivity index is 2.49. The SMILES string of the molecule is CC(C)(C)CC1NC(C(=O)OC(C)(C)C)C(c2cccc(Cl)c2F)C1C#N. The number of esters is 1. The van der Waals surface area contributed by atoms with Crippen molar-refractivity contribution in [2.24, 2.45) is 11.3 Å².